The van der Waals surface area contributed by atoms with E-state index < -0.39 is 9.84 Å². The standard InChI is InChI=1S/C19H20ClNO4S/c1-26(23,24)16-7-4-13(5-8-16)17-11-14(6-9-18(17)20)19(22)21-12-15-3-2-10-25-15/h4-9,11,15H,2-3,10,12H2,1H3,(H,21,22). The van der Waals surface area contributed by atoms with Gasteiger partial charge >= 0.3 is 0 Å². The summed E-state index contributed by atoms with van der Waals surface area (Å²) in [4.78, 5) is 12.6. The summed E-state index contributed by atoms with van der Waals surface area (Å²) in [5.41, 5.74) is 1.92. The van der Waals surface area contributed by atoms with E-state index >= 15 is 0 Å². The van der Waals surface area contributed by atoms with Gasteiger partial charge in [0.25, 0.3) is 5.91 Å². The van der Waals surface area contributed by atoms with E-state index in [1.54, 1.807) is 30.3 Å². The zero-order valence-electron chi connectivity index (χ0n) is 14.4. The second-order valence-corrected chi connectivity index (χ2v) is 8.76. The highest BCUT2D eigenvalue weighted by atomic mass is 35.5. The van der Waals surface area contributed by atoms with Crippen LogP contribution >= 0.6 is 11.6 Å². The number of benzene rings is 2. The Morgan fingerprint density at radius 1 is 1.23 bits per heavy atom. The molecule has 0 saturated carbocycles. The first-order valence-electron chi connectivity index (χ1n) is 8.34. The van der Waals surface area contributed by atoms with Crippen molar-refractivity contribution in [2.45, 2.75) is 23.8 Å². The number of sulfone groups is 1. The van der Waals surface area contributed by atoms with Crippen molar-refractivity contribution in [1.82, 2.24) is 5.32 Å². The minimum absolute atomic E-state index is 0.0780. The Balaban J connectivity index is 1.79. The highest BCUT2D eigenvalue weighted by Gasteiger charge is 2.17. The highest BCUT2D eigenvalue weighted by Crippen LogP contribution is 2.29. The van der Waals surface area contributed by atoms with E-state index in [9.17, 15) is 13.2 Å². The Kier molecular flexibility index (Phi) is 5.65. The minimum atomic E-state index is -3.26. The van der Waals surface area contributed by atoms with Gasteiger partial charge in [-0.25, -0.2) is 8.42 Å². The molecule has 1 aliphatic rings. The van der Waals surface area contributed by atoms with Gasteiger partial charge in [0.05, 0.1) is 11.0 Å². The third-order valence-corrected chi connectivity index (χ3v) is 5.79. The molecule has 0 aliphatic carbocycles. The van der Waals surface area contributed by atoms with E-state index in [0.29, 0.717) is 22.7 Å². The fraction of sp³-hybridized carbons (Fsp3) is 0.316. The van der Waals surface area contributed by atoms with Crippen LogP contribution in [0.15, 0.2) is 47.4 Å². The molecule has 1 N–H and O–H groups in total. The first-order chi connectivity index (χ1) is 12.3. The highest BCUT2D eigenvalue weighted by molar-refractivity contribution is 7.90. The summed E-state index contributed by atoms with van der Waals surface area (Å²) in [7, 11) is -3.26. The van der Waals surface area contributed by atoms with Crippen LogP contribution in [0.2, 0.25) is 5.02 Å². The number of carbonyl (C=O) groups excluding carboxylic acids is 1. The summed E-state index contributed by atoms with van der Waals surface area (Å²) in [6, 6.07) is 11.5. The zero-order chi connectivity index (χ0) is 18.7. The first kappa shape index (κ1) is 18.9. The van der Waals surface area contributed by atoms with Crippen LogP contribution in [0.4, 0.5) is 0 Å². The number of hydrogen-bond donors (Lipinski definition) is 1. The predicted molar refractivity (Wildman–Crippen MR) is 101 cm³/mol. The first-order valence-corrected chi connectivity index (χ1v) is 10.6. The van der Waals surface area contributed by atoms with E-state index in [4.69, 9.17) is 16.3 Å². The van der Waals surface area contributed by atoms with Crippen LogP contribution in [0, 0.1) is 0 Å². The van der Waals surface area contributed by atoms with Crippen LogP contribution < -0.4 is 5.32 Å². The fourth-order valence-electron chi connectivity index (χ4n) is 2.88. The summed E-state index contributed by atoms with van der Waals surface area (Å²) >= 11 is 6.28. The smallest absolute Gasteiger partial charge is 0.251 e. The largest absolute Gasteiger partial charge is 0.376 e. The van der Waals surface area contributed by atoms with E-state index in [0.717, 1.165) is 31.3 Å². The number of hydrogen-bond acceptors (Lipinski definition) is 4. The second-order valence-electron chi connectivity index (χ2n) is 6.34. The zero-order valence-corrected chi connectivity index (χ0v) is 15.9. The van der Waals surface area contributed by atoms with Crippen LogP contribution in [0.5, 0.6) is 0 Å². The molecule has 1 atom stereocenters. The van der Waals surface area contributed by atoms with Gasteiger partial charge < -0.3 is 10.1 Å². The number of carbonyl (C=O) groups is 1. The lowest BCUT2D eigenvalue weighted by Crippen LogP contribution is -2.31. The Hall–Kier alpha value is -1.89. The Bertz CT molecular complexity index is 904. The van der Waals surface area contributed by atoms with Gasteiger partial charge in [0.15, 0.2) is 9.84 Å². The van der Waals surface area contributed by atoms with Crippen molar-refractivity contribution in [3.8, 4) is 11.1 Å². The average molecular weight is 394 g/mol. The molecule has 1 amide bonds. The molecule has 0 radical (unpaired) electrons. The summed E-state index contributed by atoms with van der Waals surface area (Å²) in [6.07, 6.45) is 3.22. The van der Waals surface area contributed by atoms with E-state index in [2.05, 4.69) is 5.32 Å². The molecule has 1 fully saturated rings. The van der Waals surface area contributed by atoms with E-state index in [1.165, 1.54) is 12.1 Å². The van der Waals surface area contributed by atoms with Crippen LogP contribution in [-0.4, -0.2) is 39.8 Å². The third kappa shape index (κ3) is 4.44. The Morgan fingerprint density at radius 3 is 2.58 bits per heavy atom. The SMILES string of the molecule is CS(=O)(=O)c1ccc(-c2cc(C(=O)NCC3CCCO3)ccc2Cl)cc1. The van der Waals surface area contributed by atoms with Crippen molar-refractivity contribution in [3.63, 3.8) is 0 Å². The maximum absolute atomic E-state index is 12.4. The van der Waals surface area contributed by atoms with Gasteiger partial charge in [0, 0.05) is 35.6 Å². The second kappa shape index (κ2) is 7.78. The van der Waals surface area contributed by atoms with Crippen molar-refractivity contribution in [2.75, 3.05) is 19.4 Å². The van der Waals surface area contributed by atoms with Gasteiger partial charge in [0.1, 0.15) is 0 Å². The molecule has 0 bridgehead atoms. The summed E-state index contributed by atoms with van der Waals surface area (Å²) < 4.78 is 28.7. The molecule has 0 spiro atoms. The number of amides is 1. The number of halogens is 1. The Morgan fingerprint density at radius 2 is 1.96 bits per heavy atom. The number of rotatable bonds is 5. The van der Waals surface area contributed by atoms with Gasteiger partial charge in [-0.3, -0.25) is 4.79 Å². The molecule has 3 rings (SSSR count). The van der Waals surface area contributed by atoms with E-state index in [1.807, 2.05) is 0 Å². The molecular weight excluding hydrogens is 374 g/mol. The molecule has 138 valence electrons. The van der Waals surface area contributed by atoms with Gasteiger partial charge in [-0.15, -0.1) is 0 Å². The molecule has 2 aromatic rings. The molecule has 1 unspecified atom stereocenters. The van der Waals surface area contributed by atoms with Gasteiger partial charge in [-0.2, -0.15) is 0 Å². The van der Waals surface area contributed by atoms with Crippen LogP contribution in [0.3, 0.4) is 0 Å². The maximum atomic E-state index is 12.4. The van der Waals surface area contributed by atoms with Crippen molar-refractivity contribution >= 4 is 27.3 Å². The quantitative estimate of drug-likeness (QED) is 0.845. The fourth-order valence-corrected chi connectivity index (χ4v) is 3.74. The lowest BCUT2D eigenvalue weighted by Gasteiger charge is -2.12. The Labute approximate surface area is 158 Å². The molecule has 1 aliphatic heterocycles. The molecule has 1 saturated heterocycles. The topological polar surface area (TPSA) is 72.5 Å². The molecular formula is C19H20ClNO4S. The van der Waals surface area contributed by atoms with Crippen molar-refractivity contribution in [3.05, 3.63) is 53.1 Å². The van der Waals surface area contributed by atoms with Crippen LogP contribution in [-0.2, 0) is 14.6 Å². The third-order valence-electron chi connectivity index (χ3n) is 4.34. The van der Waals surface area contributed by atoms with Gasteiger partial charge in [-0.1, -0.05) is 23.7 Å². The van der Waals surface area contributed by atoms with E-state index in [-0.39, 0.29) is 16.9 Å². The summed E-state index contributed by atoms with van der Waals surface area (Å²) in [6.45, 7) is 1.23. The summed E-state index contributed by atoms with van der Waals surface area (Å²) in [5, 5.41) is 3.38. The van der Waals surface area contributed by atoms with Crippen LogP contribution in [0.25, 0.3) is 11.1 Å². The summed E-state index contributed by atoms with van der Waals surface area (Å²) in [5.74, 6) is -0.189. The minimum Gasteiger partial charge on any atom is -0.376 e. The van der Waals surface area contributed by atoms with Gasteiger partial charge in [0.2, 0.25) is 0 Å². The predicted octanol–water partition coefficient (Wildman–Crippen LogP) is 3.32. The molecule has 26 heavy (non-hydrogen) atoms. The van der Waals surface area contributed by atoms with Crippen LogP contribution in [0.1, 0.15) is 23.2 Å². The average Bonchev–Trinajstić information content (AvgIpc) is 3.13. The molecule has 7 heteroatoms. The van der Waals surface area contributed by atoms with Crippen molar-refractivity contribution in [2.24, 2.45) is 0 Å². The van der Waals surface area contributed by atoms with Crippen molar-refractivity contribution in [1.29, 1.82) is 0 Å². The lowest BCUT2D eigenvalue weighted by molar-refractivity contribution is 0.0858. The van der Waals surface area contributed by atoms with Crippen molar-refractivity contribution < 1.29 is 17.9 Å². The molecule has 5 nitrogen and oxygen atoms in total. The normalized spacial score (nSPS) is 17.2. The lowest BCUT2D eigenvalue weighted by atomic mass is 10.0. The van der Waals surface area contributed by atoms with Gasteiger partial charge in [-0.05, 0) is 48.7 Å². The number of ether oxygens (including phenoxy) is 1. The molecule has 2 aromatic carbocycles. The number of nitrogens with one attached hydrogen (secondary N) is 1. The molecule has 0 aromatic heterocycles. The molecule has 1 heterocycles. The monoisotopic (exact) mass is 393 g/mol. The maximum Gasteiger partial charge on any atom is 0.251 e.